The van der Waals surface area contributed by atoms with Crippen LogP contribution in [0.15, 0.2) is 30.6 Å². The molecule has 16 heavy (non-hydrogen) atoms. The number of fused-ring (bicyclic) bond motifs is 1. The molecule has 0 bridgehead atoms. The molecule has 2 aromatic rings. The van der Waals surface area contributed by atoms with Gasteiger partial charge < -0.3 is 14.8 Å². The second kappa shape index (κ2) is 4.23. The molecule has 0 unspecified atom stereocenters. The molecule has 0 spiro atoms. The van der Waals surface area contributed by atoms with E-state index < -0.39 is 5.60 Å². The van der Waals surface area contributed by atoms with Crippen LogP contribution in [0.25, 0.3) is 5.65 Å². The molecule has 0 aliphatic heterocycles. The lowest BCUT2D eigenvalue weighted by atomic mass is 10.1. The Morgan fingerprint density at radius 1 is 1.44 bits per heavy atom. The Morgan fingerprint density at radius 2 is 2.25 bits per heavy atom. The fourth-order valence-electron chi connectivity index (χ4n) is 1.61. The van der Waals surface area contributed by atoms with Gasteiger partial charge in [-0.3, -0.25) is 0 Å². The number of hydrogen-bond donors (Lipinski definition) is 2. The molecule has 2 rings (SSSR count). The molecule has 2 heterocycles. The number of aromatic nitrogens is 2. The van der Waals surface area contributed by atoms with Crippen LogP contribution < -0.4 is 5.32 Å². The molecule has 0 aliphatic rings. The first-order valence-electron chi connectivity index (χ1n) is 5.40. The van der Waals surface area contributed by atoms with E-state index in [2.05, 4.69) is 10.3 Å². The summed E-state index contributed by atoms with van der Waals surface area (Å²) in [5, 5.41) is 12.8. The topological polar surface area (TPSA) is 49.6 Å². The van der Waals surface area contributed by atoms with Gasteiger partial charge in [0.15, 0.2) is 0 Å². The Hall–Kier alpha value is -1.39. The average molecular weight is 219 g/mol. The Bertz CT molecular complexity index is 470. The number of rotatable bonds is 4. The fourth-order valence-corrected chi connectivity index (χ4v) is 1.61. The minimum absolute atomic E-state index is 0.563. The van der Waals surface area contributed by atoms with Crippen LogP contribution in [0.5, 0.6) is 0 Å². The molecule has 2 aromatic heterocycles. The molecule has 86 valence electrons. The molecule has 2 N–H and O–H groups in total. The van der Waals surface area contributed by atoms with E-state index >= 15 is 0 Å². The van der Waals surface area contributed by atoms with Crippen molar-refractivity contribution in [3.8, 4) is 0 Å². The second-order valence-corrected chi connectivity index (χ2v) is 4.59. The maximum Gasteiger partial charge on any atom is 0.136 e. The number of nitrogens with one attached hydrogen (secondary N) is 1. The number of aliphatic hydroxyl groups is 1. The van der Waals surface area contributed by atoms with E-state index in [1.165, 1.54) is 0 Å². The van der Waals surface area contributed by atoms with E-state index in [9.17, 15) is 5.11 Å². The van der Waals surface area contributed by atoms with Gasteiger partial charge in [-0.2, -0.15) is 0 Å². The summed E-state index contributed by atoms with van der Waals surface area (Å²) >= 11 is 0. The zero-order valence-corrected chi connectivity index (χ0v) is 9.64. The molecule has 0 aliphatic carbocycles. The van der Waals surface area contributed by atoms with Gasteiger partial charge in [-0.05, 0) is 26.0 Å². The van der Waals surface area contributed by atoms with Gasteiger partial charge >= 0.3 is 0 Å². The summed E-state index contributed by atoms with van der Waals surface area (Å²) in [6, 6.07) is 5.92. The molecule has 0 saturated heterocycles. The number of pyridine rings is 1. The van der Waals surface area contributed by atoms with Crippen LogP contribution in [0.4, 0.5) is 0 Å². The normalized spacial score (nSPS) is 12.2. The van der Waals surface area contributed by atoms with E-state index in [1.807, 2.05) is 35.0 Å². The van der Waals surface area contributed by atoms with Gasteiger partial charge in [0, 0.05) is 19.3 Å². The quantitative estimate of drug-likeness (QED) is 0.812. The van der Waals surface area contributed by atoms with Crippen molar-refractivity contribution in [2.24, 2.45) is 0 Å². The third-order valence-corrected chi connectivity index (χ3v) is 2.36. The van der Waals surface area contributed by atoms with Crippen molar-refractivity contribution < 1.29 is 5.11 Å². The molecule has 4 nitrogen and oxygen atoms in total. The summed E-state index contributed by atoms with van der Waals surface area (Å²) in [6.07, 6.45) is 3.84. The minimum atomic E-state index is -0.680. The first-order valence-corrected chi connectivity index (χ1v) is 5.40. The van der Waals surface area contributed by atoms with Crippen molar-refractivity contribution in [1.29, 1.82) is 0 Å². The van der Waals surface area contributed by atoms with E-state index in [0.717, 1.165) is 11.3 Å². The summed E-state index contributed by atoms with van der Waals surface area (Å²) in [5.74, 6) is 0. The maximum absolute atomic E-state index is 9.57. The van der Waals surface area contributed by atoms with Crippen LogP contribution in [0, 0.1) is 0 Å². The molecule has 4 heteroatoms. The highest BCUT2D eigenvalue weighted by molar-refractivity contribution is 5.39. The molecule has 0 atom stereocenters. The largest absolute Gasteiger partial charge is 0.389 e. The van der Waals surface area contributed by atoms with Crippen LogP contribution in [0.3, 0.4) is 0 Å². The fraction of sp³-hybridized carbons (Fsp3) is 0.417. The van der Waals surface area contributed by atoms with Crippen LogP contribution in [0.2, 0.25) is 0 Å². The highest BCUT2D eigenvalue weighted by atomic mass is 16.3. The van der Waals surface area contributed by atoms with Gasteiger partial charge in [0.1, 0.15) is 5.65 Å². The highest BCUT2D eigenvalue weighted by Crippen LogP contribution is 2.06. The van der Waals surface area contributed by atoms with Gasteiger partial charge in [-0.25, -0.2) is 4.98 Å². The molecule has 0 radical (unpaired) electrons. The number of imidazole rings is 1. The van der Waals surface area contributed by atoms with Crippen LogP contribution in [-0.2, 0) is 6.54 Å². The standard InChI is InChI=1S/C12H17N3O/c1-12(2,16)9-13-7-10-8-14-11-5-3-4-6-15(10)11/h3-6,8,13,16H,7,9H2,1-2H3. The lowest BCUT2D eigenvalue weighted by Crippen LogP contribution is -2.34. The predicted octanol–water partition coefficient (Wildman–Crippen LogP) is 1.19. The summed E-state index contributed by atoms with van der Waals surface area (Å²) in [4.78, 5) is 4.29. The summed E-state index contributed by atoms with van der Waals surface area (Å²) in [5.41, 5.74) is 1.36. The first kappa shape index (κ1) is 11.1. The van der Waals surface area contributed by atoms with E-state index in [-0.39, 0.29) is 0 Å². The number of hydrogen-bond acceptors (Lipinski definition) is 3. The van der Waals surface area contributed by atoms with Crippen molar-refractivity contribution in [3.05, 3.63) is 36.3 Å². The molecule has 0 aromatic carbocycles. The van der Waals surface area contributed by atoms with Crippen molar-refractivity contribution in [2.75, 3.05) is 6.54 Å². The summed E-state index contributed by atoms with van der Waals surface area (Å²) < 4.78 is 2.04. The Morgan fingerprint density at radius 3 is 3.00 bits per heavy atom. The molecule has 0 fully saturated rings. The average Bonchev–Trinajstić information content (AvgIpc) is 2.60. The van der Waals surface area contributed by atoms with E-state index in [4.69, 9.17) is 0 Å². The second-order valence-electron chi connectivity index (χ2n) is 4.59. The summed E-state index contributed by atoms with van der Waals surface area (Å²) in [7, 11) is 0. The Labute approximate surface area is 94.9 Å². The SMILES string of the molecule is CC(C)(O)CNCc1cnc2ccccn12. The molecular formula is C12H17N3O. The third kappa shape index (κ3) is 2.59. The van der Waals surface area contributed by atoms with Crippen molar-refractivity contribution >= 4 is 5.65 Å². The van der Waals surface area contributed by atoms with E-state index in [1.54, 1.807) is 13.8 Å². The smallest absolute Gasteiger partial charge is 0.136 e. The zero-order chi connectivity index (χ0) is 11.6. The molecule has 0 saturated carbocycles. The van der Waals surface area contributed by atoms with Crippen molar-refractivity contribution in [1.82, 2.24) is 14.7 Å². The Balaban J connectivity index is 2.05. The van der Waals surface area contributed by atoms with Gasteiger partial charge in [0.2, 0.25) is 0 Å². The zero-order valence-electron chi connectivity index (χ0n) is 9.64. The Kier molecular flexibility index (Phi) is 2.94. The van der Waals surface area contributed by atoms with Crippen LogP contribution in [-0.4, -0.2) is 26.6 Å². The van der Waals surface area contributed by atoms with E-state index in [0.29, 0.717) is 13.1 Å². The third-order valence-electron chi connectivity index (χ3n) is 2.36. The van der Waals surface area contributed by atoms with Gasteiger partial charge in [-0.15, -0.1) is 0 Å². The predicted molar refractivity (Wildman–Crippen MR) is 63.2 cm³/mol. The monoisotopic (exact) mass is 219 g/mol. The van der Waals surface area contributed by atoms with Gasteiger partial charge in [0.25, 0.3) is 0 Å². The summed E-state index contributed by atoms with van der Waals surface area (Å²) in [6.45, 7) is 4.84. The maximum atomic E-state index is 9.57. The molecular weight excluding hydrogens is 202 g/mol. The molecule has 0 amide bonds. The van der Waals surface area contributed by atoms with Gasteiger partial charge in [0.05, 0.1) is 17.5 Å². The van der Waals surface area contributed by atoms with Crippen molar-refractivity contribution in [3.63, 3.8) is 0 Å². The lowest BCUT2D eigenvalue weighted by molar-refractivity contribution is 0.0794. The number of nitrogens with zero attached hydrogens (tertiary/aromatic N) is 2. The van der Waals surface area contributed by atoms with Gasteiger partial charge in [-0.1, -0.05) is 6.07 Å². The van der Waals surface area contributed by atoms with Crippen molar-refractivity contribution in [2.45, 2.75) is 26.0 Å². The van der Waals surface area contributed by atoms with Crippen LogP contribution >= 0.6 is 0 Å². The lowest BCUT2D eigenvalue weighted by Gasteiger charge is -2.17. The van der Waals surface area contributed by atoms with Crippen LogP contribution in [0.1, 0.15) is 19.5 Å². The highest BCUT2D eigenvalue weighted by Gasteiger charge is 2.11. The minimum Gasteiger partial charge on any atom is -0.389 e. The first-order chi connectivity index (χ1) is 7.56.